The van der Waals surface area contributed by atoms with Crippen molar-refractivity contribution >= 4 is 29.1 Å². The van der Waals surface area contributed by atoms with Crippen LogP contribution in [0.25, 0.3) is 22.6 Å². The molecule has 0 unspecified atom stereocenters. The molecule has 22 heavy (non-hydrogen) atoms. The average Bonchev–Trinajstić information content (AvgIpc) is 2.56. The van der Waals surface area contributed by atoms with E-state index >= 15 is 0 Å². The van der Waals surface area contributed by atoms with E-state index in [1.54, 1.807) is 18.6 Å². The van der Waals surface area contributed by atoms with E-state index in [4.69, 9.17) is 29.1 Å². The predicted molar refractivity (Wildman–Crippen MR) is 88.3 cm³/mol. The van der Waals surface area contributed by atoms with Crippen LogP contribution >= 0.6 is 29.1 Å². The summed E-state index contributed by atoms with van der Waals surface area (Å²) in [6, 6.07) is 15.6. The smallest absolute Gasteiger partial charge is 0.0980 e. The molecular formula is C15H11Cl3N3Rh. The normalized spacial score (nSPS) is 10.4. The number of rotatable bonds is 2. The Morgan fingerprint density at radius 1 is 0.636 bits per heavy atom. The summed E-state index contributed by atoms with van der Waals surface area (Å²) in [5.41, 5.74) is 3.62. The van der Waals surface area contributed by atoms with Crippen molar-refractivity contribution < 1.29 is 13.0 Å². The number of hydrogen-bond acceptors (Lipinski definition) is 3. The van der Waals surface area contributed by atoms with E-state index in [9.17, 15) is 0 Å². The van der Waals surface area contributed by atoms with E-state index in [2.05, 4.69) is 15.0 Å². The minimum Gasteiger partial charge on any atom is -0.256 e. The van der Waals surface area contributed by atoms with Crippen LogP contribution in [0.5, 0.6) is 0 Å². The van der Waals surface area contributed by atoms with Gasteiger partial charge in [0.15, 0.2) is 0 Å². The van der Waals surface area contributed by atoms with Crippen molar-refractivity contribution in [3.63, 3.8) is 0 Å². The van der Waals surface area contributed by atoms with Crippen LogP contribution in [-0.2, 0) is 13.0 Å². The first-order valence-electron chi connectivity index (χ1n) is 6.11. The molecule has 0 atom stereocenters. The van der Waals surface area contributed by atoms with Crippen LogP contribution < -0.4 is 0 Å². The molecule has 0 N–H and O–H groups in total. The molecule has 0 aliphatic carbocycles. The summed E-state index contributed by atoms with van der Waals surface area (Å²) < 4.78 is 0. The average molecular weight is 443 g/mol. The monoisotopic (exact) mass is 441 g/mol. The molecule has 3 rings (SSSR count). The molecule has 3 nitrogen and oxygen atoms in total. The summed E-state index contributed by atoms with van der Waals surface area (Å²) in [5, 5.41) is 0. The Morgan fingerprint density at radius 2 is 1.18 bits per heavy atom. The Kier molecular flexibility index (Phi) is 7.21. The Hall–Kier alpha value is -1.06. The van der Waals surface area contributed by atoms with Crippen LogP contribution in [-0.4, -0.2) is 15.0 Å². The maximum atomic E-state index is 4.94. The zero-order chi connectivity index (χ0) is 15.8. The summed E-state index contributed by atoms with van der Waals surface area (Å²) in [6.07, 6.45) is 5.33. The zero-order valence-electron chi connectivity index (χ0n) is 11.2. The van der Waals surface area contributed by atoms with Crippen LogP contribution in [0.4, 0.5) is 0 Å². The molecule has 0 aromatic carbocycles. The van der Waals surface area contributed by atoms with Crippen molar-refractivity contribution in [2.75, 3.05) is 0 Å². The van der Waals surface area contributed by atoms with Crippen molar-refractivity contribution in [2.24, 2.45) is 0 Å². The topological polar surface area (TPSA) is 38.7 Å². The van der Waals surface area contributed by atoms with E-state index < -0.39 is 13.0 Å². The summed E-state index contributed by atoms with van der Waals surface area (Å²) in [4.78, 5) is 13.1. The van der Waals surface area contributed by atoms with Crippen molar-refractivity contribution in [3.05, 3.63) is 67.1 Å². The van der Waals surface area contributed by atoms with Gasteiger partial charge in [-0.2, -0.15) is 0 Å². The molecule has 3 aromatic rings. The van der Waals surface area contributed by atoms with Gasteiger partial charge in [0.1, 0.15) is 0 Å². The third kappa shape index (κ3) is 5.29. The molecule has 0 fully saturated rings. The molecule has 116 valence electrons. The Labute approximate surface area is 146 Å². The first-order chi connectivity index (χ1) is 10.7. The molecule has 0 radical (unpaired) electrons. The quantitative estimate of drug-likeness (QED) is 0.508. The van der Waals surface area contributed by atoms with Gasteiger partial charge in [-0.25, -0.2) is 0 Å². The molecule has 0 aliphatic heterocycles. The van der Waals surface area contributed by atoms with Crippen molar-refractivity contribution in [2.45, 2.75) is 0 Å². The zero-order valence-corrected chi connectivity index (χ0v) is 15.1. The van der Waals surface area contributed by atoms with Gasteiger partial charge in [0.05, 0.1) is 17.1 Å². The fraction of sp³-hybridized carbons (Fsp3) is 0. The minimum absolute atomic E-state index is 0.858. The van der Waals surface area contributed by atoms with E-state index in [1.807, 2.05) is 48.5 Å². The minimum atomic E-state index is -1.66. The van der Waals surface area contributed by atoms with Crippen LogP contribution in [0.15, 0.2) is 67.1 Å². The number of aromatic nitrogens is 3. The molecule has 3 aromatic heterocycles. The number of hydrogen-bond donors (Lipinski definition) is 0. The van der Waals surface area contributed by atoms with Crippen LogP contribution in [0, 0.1) is 0 Å². The van der Waals surface area contributed by atoms with E-state index in [0.717, 1.165) is 22.6 Å². The van der Waals surface area contributed by atoms with Crippen molar-refractivity contribution in [3.8, 4) is 22.6 Å². The first kappa shape index (κ1) is 17.3. The molecule has 7 heteroatoms. The second-order valence-corrected chi connectivity index (χ2v) is 11.4. The summed E-state index contributed by atoms with van der Waals surface area (Å²) in [6.45, 7) is 0. The second-order valence-electron chi connectivity index (χ2n) is 3.97. The van der Waals surface area contributed by atoms with Gasteiger partial charge in [0.2, 0.25) is 0 Å². The molecule has 0 aliphatic rings. The van der Waals surface area contributed by atoms with E-state index in [1.165, 1.54) is 0 Å². The van der Waals surface area contributed by atoms with Gasteiger partial charge in [-0.3, -0.25) is 15.0 Å². The first-order valence-corrected chi connectivity index (χ1v) is 12.4. The summed E-state index contributed by atoms with van der Waals surface area (Å²) in [7, 11) is 14.8. The molecule has 0 saturated heterocycles. The van der Waals surface area contributed by atoms with Crippen molar-refractivity contribution in [1.82, 2.24) is 15.0 Å². The molecular weight excluding hydrogens is 431 g/mol. The Bertz CT molecular complexity index is 635. The van der Waals surface area contributed by atoms with Gasteiger partial charge >= 0.3 is 42.1 Å². The number of halogens is 3. The largest absolute Gasteiger partial charge is 0.256 e. The van der Waals surface area contributed by atoms with Crippen LogP contribution in [0.3, 0.4) is 0 Å². The molecule has 0 spiro atoms. The Morgan fingerprint density at radius 3 is 1.73 bits per heavy atom. The fourth-order valence-corrected chi connectivity index (χ4v) is 1.84. The molecule has 0 amide bonds. The van der Waals surface area contributed by atoms with Gasteiger partial charge in [-0.15, -0.1) is 0 Å². The van der Waals surface area contributed by atoms with Crippen molar-refractivity contribution in [1.29, 1.82) is 0 Å². The molecule has 0 bridgehead atoms. The summed E-state index contributed by atoms with van der Waals surface area (Å²) >= 11 is -1.66. The number of nitrogens with zero attached hydrogens (tertiary/aromatic N) is 3. The third-order valence-corrected chi connectivity index (χ3v) is 2.66. The number of pyridine rings is 3. The van der Waals surface area contributed by atoms with E-state index in [-0.39, 0.29) is 0 Å². The molecule has 0 saturated carbocycles. The van der Waals surface area contributed by atoms with Gasteiger partial charge in [-0.1, -0.05) is 12.1 Å². The van der Waals surface area contributed by atoms with Gasteiger partial charge in [-0.05, 0) is 36.4 Å². The third-order valence-electron chi connectivity index (χ3n) is 2.66. The predicted octanol–water partition coefficient (Wildman–Crippen LogP) is 5.27. The van der Waals surface area contributed by atoms with E-state index in [0.29, 0.717) is 0 Å². The maximum Gasteiger partial charge on any atom is 0.0980 e. The van der Waals surface area contributed by atoms with Gasteiger partial charge in [0.25, 0.3) is 0 Å². The maximum absolute atomic E-state index is 4.94. The van der Waals surface area contributed by atoms with Gasteiger partial charge in [0, 0.05) is 24.2 Å². The second kappa shape index (κ2) is 9.17. The fourth-order valence-electron chi connectivity index (χ4n) is 1.84. The summed E-state index contributed by atoms with van der Waals surface area (Å²) in [5.74, 6) is 0. The molecule has 3 heterocycles. The Balaban J connectivity index is 0.000000396. The standard InChI is InChI=1S/C15H11N3.3ClH.Rh/c1-3-9-16-13(7-1)12-6-5-11-18-15(12)14-8-2-4-10-17-14;;;;/h1-11H;3*1H;/q;;;;+3/p-3. The SMILES string of the molecule is [Cl][Rh]([Cl])[Cl].c1ccc(-c2cccnc2-c2ccccn2)nc1. The van der Waals surface area contributed by atoms with Crippen LogP contribution in [0.2, 0.25) is 0 Å². The van der Waals surface area contributed by atoms with Gasteiger partial charge < -0.3 is 0 Å². The van der Waals surface area contributed by atoms with Crippen LogP contribution in [0.1, 0.15) is 0 Å².